The number of hydrogen-bond donors (Lipinski definition) is 1. The summed E-state index contributed by atoms with van der Waals surface area (Å²) in [6, 6.07) is 0.597. The predicted molar refractivity (Wildman–Crippen MR) is 97.2 cm³/mol. The van der Waals surface area contributed by atoms with E-state index in [4.69, 9.17) is 4.74 Å². The number of ether oxygens (including phenoxy) is 1. The van der Waals surface area contributed by atoms with Crippen LogP contribution in [-0.2, 0) is 14.9 Å². The zero-order chi connectivity index (χ0) is 17.2. The topological polar surface area (TPSA) is 54.5 Å². The minimum atomic E-state index is -0.0761. The Balaban J connectivity index is 1.44. The first-order valence-electron chi connectivity index (χ1n) is 8.70. The van der Waals surface area contributed by atoms with Crippen molar-refractivity contribution in [2.45, 2.75) is 51.2 Å². The van der Waals surface area contributed by atoms with Gasteiger partial charge in [-0.3, -0.25) is 9.69 Å². The quantitative estimate of drug-likeness (QED) is 0.849. The maximum absolute atomic E-state index is 12.0. The van der Waals surface area contributed by atoms with Gasteiger partial charge < -0.3 is 10.1 Å². The summed E-state index contributed by atoms with van der Waals surface area (Å²) in [6.07, 6.45) is 7.86. The second-order valence-electron chi connectivity index (χ2n) is 7.64. The van der Waals surface area contributed by atoms with Crippen molar-refractivity contribution in [2.24, 2.45) is 0 Å². The predicted octanol–water partition coefficient (Wildman–Crippen LogP) is 2.43. The lowest BCUT2D eigenvalue weighted by atomic mass is 9.98. The van der Waals surface area contributed by atoms with E-state index < -0.39 is 0 Å². The number of thiazole rings is 1. The minimum Gasteiger partial charge on any atom is -0.373 e. The van der Waals surface area contributed by atoms with E-state index in [1.165, 1.54) is 19.4 Å². The van der Waals surface area contributed by atoms with Gasteiger partial charge in [0.2, 0.25) is 5.91 Å². The van der Waals surface area contributed by atoms with Gasteiger partial charge in [-0.2, -0.15) is 0 Å². The number of hydrogen-bond acceptors (Lipinski definition) is 5. The van der Waals surface area contributed by atoms with Gasteiger partial charge in [0.25, 0.3) is 0 Å². The number of nitrogens with one attached hydrogen (secondary N) is 1. The lowest BCUT2D eigenvalue weighted by molar-refractivity contribution is -0.117. The SMILES string of the molecule is CC(C)(C)c1ncc(/C=C\C(=O)NC[C@@H]2CN3CCC[C@H]3CO2)s1. The standard InChI is InChI=1S/C18H27N3O2S/c1-18(2,3)17-20-10-15(24-17)6-7-16(22)19-9-14-11-21-8-4-5-13(21)12-23-14/h6-7,10,13-14H,4-5,8-9,11-12H2,1-3H3,(H,19,22)/b7-6-/t13-,14+/m0/s1. The Bertz CT molecular complexity index is 606. The first-order chi connectivity index (χ1) is 11.4. The molecule has 1 aromatic rings. The van der Waals surface area contributed by atoms with Gasteiger partial charge in [0, 0.05) is 41.7 Å². The largest absolute Gasteiger partial charge is 0.373 e. The lowest BCUT2D eigenvalue weighted by Gasteiger charge is -2.35. The molecule has 2 fully saturated rings. The van der Waals surface area contributed by atoms with E-state index >= 15 is 0 Å². The summed E-state index contributed by atoms with van der Waals surface area (Å²) in [7, 11) is 0. The molecule has 0 saturated carbocycles. The molecule has 3 rings (SSSR count). The smallest absolute Gasteiger partial charge is 0.244 e. The molecule has 0 aromatic carbocycles. The molecule has 0 radical (unpaired) electrons. The number of carbonyl (C=O) groups excluding carboxylic acids is 1. The molecule has 2 aliphatic heterocycles. The van der Waals surface area contributed by atoms with Crippen molar-refractivity contribution in [2.75, 3.05) is 26.2 Å². The van der Waals surface area contributed by atoms with Gasteiger partial charge in [-0.25, -0.2) is 4.98 Å². The molecular weight excluding hydrogens is 322 g/mol. The third-order valence-corrected chi connectivity index (χ3v) is 5.92. The summed E-state index contributed by atoms with van der Waals surface area (Å²) in [4.78, 5) is 19.9. The Kier molecular flexibility index (Phi) is 5.37. The highest BCUT2D eigenvalue weighted by Gasteiger charge is 2.32. The van der Waals surface area contributed by atoms with Crippen molar-refractivity contribution < 1.29 is 9.53 Å². The number of rotatable bonds is 4. The Morgan fingerprint density at radius 1 is 1.54 bits per heavy atom. The molecule has 2 saturated heterocycles. The van der Waals surface area contributed by atoms with E-state index in [0.717, 1.165) is 23.0 Å². The van der Waals surface area contributed by atoms with E-state index in [2.05, 4.69) is 36.0 Å². The summed E-state index contributed by atoms with van der Waals surface area (Å²) in [5.74, 6) is -0.0761. The molecular formula is C18H27N3O2S. The number of fused-ring (bicyclic) bond motifs is 1. The van der Waals surface area contributed by atoms with Crippen molar-refractivity contribution in [3.05, 3.63) is 22.2 Å². The third kappa shape index (κ3) is 4.43. The molecule has 5 nitrogen and oxygen atoms in total. The molecule has 1 N–H and O–H groups in total. The molecule has 1 amide bonds. The number of amides is 1. The Hall–Kier alpha value is -1.24. The van der Waals surface area contributed by atoms with Gasteiger partial charge in [0.1, 0.15) is 0 Å². The maximum Gasteiger partial charge on any atom is 0.244 e. The first-order valence-corrected chi connectivity index (χ1v) is 9.51. The van der Waals surface area contributed by atoms with E-state index in [1.807, 2.05) is 12.3 Å². The van der Waals surface area contributed by atoms with Crippen LogP contribution in [0.15, 0.2) is 12.3 Å². The summed E-state index contributed by atoms with van der Waals surface area (Å²) in [5.41, 5.74) is 0.0464. The van der Waals surface area contributed by atoms with Crippen molar-refractivity contribution in [3.63, 3.8) is 0 Å². The summed E-state index contributed by atoms with van der Waals surface area (Å²) in [6.45, 7) is 9.89. The number of nitrogens with zero attached hydrogens (tertiary/aromatic N) is 2. The molecule has 24 heavy (non-hydrogen) atoms. The molecule has 0 spiro atoms. The monoisotopic (exact) mass is 349 g/mol. The summed E-state index contributed by atoms with van der Waals surface area (Å²) in [5, 5.41) is 4.03. The molecule has 0 bridgehead atoms. The number of carbonyl (C=O) groups is 1. The van der Waals surface area contributed by atoms with Crippen LogP contribution in [0.4, 0.5) is 0 Å². The van der Waals surface area contributed by atoms with Crippen LogP contribution < -0.4 is 5.32 Å². The van der Waals surface area contributed by atoms with E-state index in [0.29, 0.717) is 12.6 Å². The van der Waals surface area contributed by atoms with Gasteiger partial charge in [-0.1, -0.05) is 20.8 Å². The third-order valence-electron chi connectivity index (χ3n) is 4.53. The Morgan fingerprint density at radius 3 is 3.12 bits per heavy atom. The molecule has 3 heterocycles. The van der Waals surface area contributed by atoms with Gasteiger partial charge >= 0.3 is 0 Å². The van der Waals surface area contributed by atoms with Gasteiger partial charge in [-0.05, 0) is 25.5 Å². The van der Waals surface area contributed by atoms with Gasteiger partial charge in [0.15, 0.2) is 0 Å². The minimum absolute atomic E-state index is 0.0464. The second kappa shape index (κ2) is 7.33. The van der Waals surface area contributed by atoms with Crippen LogP contribution in [0, 0.1) is 0 Å². The normalized spacial score (nSPS) is 25.1. The maximum atomic E-state index is 12.0. The van der Waals surface area contributed by atoms with Crippen molar-refractivity contribution in [1.82, 2.24) is 15.2 Å². The summed E-state index contributed by atoms with van der Waals surface area (Å²) < 4.78 is 5.86. The highest BCUT2D eigenvalue weighted by Crippen LogP contribution is 2.27. The van der Waals surface area contributed by atoms with Gasteiger partial charge in [0.05, 0.1) is 17.7 Å². The molecule has 2 aliphatic rings. The van der Waals surface area contributed by atoms with E-state index in [-0.39, 0.29) is 17.4 Å². The molecule has 2 atom stereocenters. The second-order valence-corrected chi connectivity index (χ2v) is 8.70. The van der Waals surface area contributed by atoms with Gasteiger partial charge in [-0.15, -0.1) is 11.3 Å². The number of morpholine rings is 1. The van der Waals surface area contributed by atoms with Crippen LogP contribution in [0.25, 0.3) is 6.08 Å². The van der Waals surface area contributed by atoms with Crippen molar-refractivity contribution >= 4 is 23.3 Å². The van der Waals surface area contributed by atoms with Crippen LogP contribution in [0.3, 0.4) is 0 Å². The molecule has 1 aromatic heterocycles. The molecule has 0 unspecified atom stereocenters. The van der Waals surface area contributed by atoms with Crippen molar-refractivity contribution in [3.8, 4) is 0 Å². The zero-order valence-corrected chi connectivity index (χ0v) is 15.6. The fraction of sp³-hybridized carbons (Fsp3) is 0.667. The fourth-order valence-corrected chi connectivity index (χ4v) is 4.03. The fourth-order valence-electron chi connectivity index (χ4n) is 3.15. The van der Waals surface area contributed by atoms with E-state index in [9.17, 15) is 4.79 Å². The number of aromatic nitrogens is 1. The molecule has 0 aliphatic carbocycles. The first kappa shape index (κ1) is 17.6. The average Bonchev–Trinajstić information content (AvgIpc) is 3.18. The zero-order valence-electron chi connectivity index (χ0n) is 14.7. The van der Waals surface area contributed by atoms with Crippen LogP contribution >= 0.6 is 11.3 Å². The molecule has 6 heteroatoms. The molecule has 132 valence electrons. The van der Waals surface area contributed by atoms with Crippen LogP contribution in [0.2, 0.25) is 0 Å². The van der Waals surface area contributed by atoms with Crippen LogP contribution in [0.5, 0.6) is 0 Å². The lowest BCUT2D eigenvalue weighted by Crippen LogP contribution is -2.49. The van der Waals surface area contributed by atoms with E-state index in [1.54, 1.807) is 17.4 Å². The van der Waals surface area contributed by atoms with Crippen LogP contribution in [0.1, 0.15) is 43.5 Å². The Morgan fingerprint density at radius 2 is 2.38 bits per heavy atom. The van der Waals surface area contributed by atoms with Crippen LogP contribution in [-0.4, -0.2) is 54.2 Å². The highest BCUT2D eigenvalue weighted by atomic mass is 32.1. The average molecular weight is 350 g/mol. The summed E-state index contributed by atoms with van der Waals surface area (Å²) >= 11 is 1.63. The van der Waals surface area contributed by atoms with Crippen molar-refractivity contribution in [1.29, 1.82) is 0 Å². The highest BCUT2D eigenvalue weighted by molar-refractivity contribution is 7.12. The Labute approximate surface area is 148 Å².